The fourth-order valence-corrected chi connectivity index (χ4v) is 3.15. The minimum absolute atomic E-state index is 0. The van der Waals surface area contributed by atoms with Crippen molar-refractivity contribution in [3.8, 4) is 0 Å². The number of hydrogen-bond donors (Lipinski definition) is 1. The van der Waals surface area contributed by atoms with E-state index >= 15 is 0 Å². The van der Waals surface area contributed by atoms with Crippen LogP contribution in [0, 0.1) is 0 Å². The monoisotopic (exact) mass is 414 g/mol. The van der Waals surface area contributed by atoms with Crippen LogP contribution in [0.25, 0.3) is 0 Å². The summed E-state index contributed by atoms with van der Waals surface area (Å²) in [6.45, 7) is 10.3. The van der Waals surface area contributed by atoms with Crippen molar-refractivity contribution in [3.05, 3.63) is 45.4 Å². The van der Waals surface area contributed by atoms with Crippen molar-refractivity contribution in [3.63, 3.8) is 0 Å². The number of rotatable bonds is 4. The van der Waals surface area contributed by atoms with Crippen molar-refractivity contribution in [2.24, 2.45) is 0 Å². The van der Waals surface area contributed by atoms with Gasteiger partial charge in [-0.2, -0.15) is 0 Å². The van der Waals surface area contributed by atoms with E-state index in [-0.39, 0.29) is 24.8 Å². The molecular formula is C15H22BrCl3N2. The molecular weight excluding hydrogens is 394 g/mol. The molecule has 0 spiro atoms. The molecule has 21 heavy (non-hydrogen) atoms. The van der Waals surface area contributed by atoms with Crippen LogP contribution in [-0.4, -0.2) is 31.1 Å². The number of benzene rings is 1. The normalized spacial score (nSPS) is 16.5. The largest absolute Gasteiger partial charge is 0.314 e. The number of halogens is 4. The van der Waals surface area contributed by atoms with E-state index in [9.17, 15) is 0 Å². The Morgan fingerprint density at radius 1 is 1.38 bits per heavy atom. The molecule has 0 aromatic heterocycles. The van der Waals surface area contributed by atoms with Crippen LogP contribution in [0.1, 0.15) is 24.9 Å². The third-order valence-electron chi connectivity index (χ3n) is 3.45. The highest BCUT2D eigenvalue weighted by atomic mass is 79.9. The van der Waals surface area contributed by atoms with Crippen LogP contribution in [0.2, 0.25) is 5.02 Å². The van der Waals surface area contributed by atoms with E-state index in [2.05, 4.69) is 45.7 Å². The second-order valence-electron chi connectivity index (χ2n) is 5.13. The molecule has 0 aliphatic carbocycles. The lowest BCUT2D eigenvalue weighted by Crippen LogP contribution is -2.45. The molecule has 2 nitrogen and oxygen atoms in total. The van der Waals surface area contributed by atoms with Crippen LogP contribution < -0.4 is 5.32 Å². The standard InChI is InChI=1S/C15H20BrClN2.2ClH/c1-11(2)9-15(19-7-5-18-6-8-19)13-10-12(16)3-4-14(13)17;;/h3-4,10,15,18H,1,5-9H2,2H3;2*1H/t15-;;/m0../s1. The van der Waals surface area contributed by atoms with Crippen molar-refractivity contribution in [1.29, 1.82) is 0 Å². The molecule has 1 atom stereocenters. The Labute approximate surface area is 153 Å². The van der Waals surface area contributed by atoms with E-state index in [0.29, 0.717) is 6.04 Å². The quantitative estimate of drug-likeness (QED) is 0.705. The summed E-state index contributed by atoms with van der Waals surface area (Å²) < 4.78 is 1.08. The van der Waals surface area contributed by atoms with E-state index in [1.807, 2.05) is 12.1 Å². The number of piperazine rings is 1. The molecule has 0 saturated carbocycles. The fraction of sp³-hybridized carbons (Fsp3) is 0.467. The number of nitrogens with one attached hydrogen (secondary N) is 1. The third kappa shape index (κ3) is 6.09. The molecule has 120 valence electrons. The van der Waals surface area contributed by atoms with Gasteiger partial charge in [0.25, 0.3) is 0 Å². The second-order valence-corrected chi connectivity index (χ2v) is 6.45. The summed E-state index contributed by atoms with van der Waals surface area (Å²) in [6, 6.07) is 6.41. The average Bonchev–Trinajstić information content (AvgIpc) is 2.40. The van der Waals surface area contributed by atoms with E-state index in [0.717, 1.165) is 42.1 Å². The van der Waals surface area contributed by atoms with Crippen molar-refractivity contribution >= 4 is 52.3 Å². The van der Waals surface area contributed by atoms with Crippen molar-refractivity contribution < 1.29 is 0 Å². The smallest absolute Gasteiger partial charge is 0.0454 e. The van der Waals surface area contributed by atoms with E-state index in [4.69, 9.17) is 11.6 Å². The van der Waals surface area contributed by atoms with Gasteiger partial charge in [-0.3, -0.25) is 4.90 Å². The van der Waals surface area contributed by atoms with Gasteiger partial charge in [0.1, 0.15) is 0 Å². The van der Waals surface area contributed by atoms with Gasteiger partial charge in [0.15, 0.2) is 0 Å². The molecule has 0 radical (unpaired) electrons. The molecule has 1 aliphatic rings. The lowest BCUT2D eigenvalue weighted by atomic mass is 9.98. The van der Waals surface area contributed by atoms with Crippen LogP contribution in [0.4, 0.5) is 0 Å². The molecule has 6 heteroatoms. The zero-order chi connectivity index (χ0) is 13.8. The highest BCUT2D eigenvalue weighted by Gasteiger charge is 2.24. The average molecular weight is 417 g/mol. The van der Waals surface area contributed by atoms with E-state index in [1.54, 1.807) is 0 Å². The summed E-state index contributed by atoms with van der Waals surface area (Å²) in [5, 5.41) is 4.23. The van der Waals surface area contributed by atoms with Crippen LogP contribution in [-0.2, 0) is 0 Å². The molecule has 0 unspecified atom stereocenters. The van der Waals surface area contributed by atoms with E-state index < -0.39 is 0 Å². The van der Waals surface area contributed by atoms with Gasteiger partial charge < -0.3 is 5.32 Å². The Balaban J connectivity index is 0.00000200. The molecule has 1 aliphatic heterocycles. The van der Waals surface area contributed by atoms with Crippen LogP contribution in [0.3, 0.4) is 0 Å². The fourth-order valence-electron chi connectivity index (χ4n) is 2.53. The maximum absolute atomic E-state index is 6.40. The summed E-state index contributed by atoms with van der Waals surface area (Å²) in [6.07, 6.45) is 0.955. The van der Waals surface area contributed by atoms with Crippen molar-refractivity contribution in [1.82, 2.24) is 10.2 Å². The van der Waals surface area contributed by atoms with Gasteiger partial charge in [0.05, 0.1) is 0 Å². The van der Waals surface area contributed by atoms with Gasteiger partial charge in [-0.15, -0.1) is 31.4 Å². The maximum Gasteiger partial charge on any atom is 0.0454 e. The van der Waals surface area contributed by atoms with Gasteiger partial charge in [0.2, 0.25) is 0 Å². The maximum atomic E-state index is 6.40. The molecule has 1 aromatic rings. The molecule has 1 saturated heterocycles. The Morgan fingerprint density at radius 3 is 2.57 bits per heavy atom. The zero-order valence-electron chi connectivity index (χ0n) is 12.1. The topological polar surface area (TPSA) is 15.3 Å². The van der Waals surface area contributed by atoms with Crippen LogP contribution >= 0.6 is 52.3 Å². The Bertz CT molecular complexity index is 462. The van der Waals surface area contributed by atoms with Crippen molar-refractivity contribution in [2.75, 3.05) is 26.2 Å². The lowest BCUT2D eigenvalue weighted by Gasteiger charge is -2.36. The molecule has 2 rings (SSSR count). The van der Waals surface area contributed by atoms with Crippen molar-refractivity contribution in [2.45, 2.75) is 19.4 Å². The summed E-state index contributed by atoms with van der Waals surface area (Å²) in [5.74, 6) is 0. The first kappa shape index (κ1) is 21.2. The first-order chi connectivity index (χ1) is 9.08. The molecule has 1 N–H and O–H groups in total. The first-order valence-electron chi connectivity index (χ1n) is 6.62. The Hall–Kier alpha value is 0.230. The minimum atomic E-state index is 0. The van der Waals surface area contributed by atoms with Gasteiger partial charge >= 0.3 is 0 Å². The van der Waals surface area contributed by atoms with E-state index in [1.165, 1.54) is 11.1 Å². The van der Waals surface area contributed by atoms with Gasteiger partial charge in [0, 0.05) is 41.7 Å². The first-order valence-corrected chi connectivity index (χ1v) is 7.79. The highest BCUT2D eigenvalue weighted by Crippen LogP contribution is 2.34. The second kappa shape index (κ2) is 10.1. The van der Waals surface area contributed by atoms with Gasteiger partial charge in [-0.05, 0) is 37.1 Å². The third-order valence-corrected chi connectivity index (χ3v) is 4.29. The van der Waals surface area contributed by atoms with Crippen LogP contribution in [0.15, 0.2) is 34.8 Å². The molecule has 1 heterocycles. The molecule has 0 bridgehead atoms. The molecule has 0 amide bonds. The summed E-state index contributed by atoms with van der Waals surface area (Å²) in [7, 11) is 0. The van der Waals surface area contributed by atoms with Gasteiger partial charge in [-0.25, -0.2) is 0 Å². The molecule has 1 aromatic carbocycles. The highest BCUT2D eigenvalue weighted by molar-refractivity contribution is 9.10. The minimum Gasteiger partial charge on any atom is -0.314 e. The lowest BCUT2D eigenvalue weighted by molar-refractivity contribution is 0.172. The summed E-state index contributed by atoms with van der Waals surface area (Å²) in [5.41, 5.74) is 2.39. The molecule has 1 fully saturated rings. The SMILES string of the molecule is C=C(C)C[C@@H](c1cc(Br)ccc1Cl)N1CCNCC1.Cl.Cl. The summed E-state index contributed by atoms with van der Waals surface area (Å²) in [4.78, 5) is 2.50. The summed E-state index contributed by atoms with van der Waals surface area (Å²) >= 11 is 9.94. The Kier molecular flexibility index (Phi) is 10.2. The number of nitrogens with zero attached hydrogens (tertiary/aromatic N) is 1. The zero-order valence-corrected chi connectivity index (χ0v) is 16.0. The number of hydrogen-bond acceptors (Lipinski definition) is 2. The van der Waals surface area contributed by atoms with Gasteiger partial charge in [-0.1, -0.05) is 33.1 Å². The predicted molar refractivity (Wildman–Crippen MR) is 100 cm³/mol. The van der Waals surface area contributed by atoms with Crippen LogP contribution in [0.5, 0.6) is 0 Å². The Morgan fingerprint density at radius 2 is 2.00 bits per heavy atom. The predicted octanol–water partition coefficient (Wildman–Crippen LogP) is 4.86.